The summed E-state index contributed by atoms with van der Waals surface area (Å²) in [6, 6.07) is 13.5. The summed E-state index contributed by atoms with van der Waals surface area (Å²) in [4.78, 5) is 30.3. The van der Waals surface area contributed by atoms with Crippen molar-refractivity contribution in [3.8, 4) is 23.0 Å². The number of carbonyl (C=O) groups excluding carboxylic acids is 2. The lowest BCUT2D eigenvalue weighted by Crippen LogP contribution is -2.31. The summed E-state index contributed by atoms with van der Waals surface area (Å²) < 4.78 is 164. The molecule has 0 fully saturated rings. The molecule has 0 aliphatic heterocycles. The fourth-order valence-electron chi connectivity index (χ4n) is 7.17. The van der Waals surface area contributed by atoms with Crippen LogP contribution >= 0.6 is 0 Å². The van der Waals surface area contributed by atoms with Crippen molar-refractivity contribution in [2.24, 2.45) is 56.1 Å². The number of guanidine groups is 2. The second kappa shape index (κ2) is 39.1. The number of hydrogen-bond donors (Lipinski definition) is 10. The van der Waals surface area contributed by atoms with Crippen LogP contribution in [0.25, 0.3) is 12.2 Å². The minimum absolute atomic E-state index is 0.00764. The molecule has 29 nitrogen and oxygen atoms in total. The zero-order chi connectivity index (χ0) is 66.9. The van der Waals surface area contributed by atoms with Crippen LogP contribution < -0.4 is 65.0 Å². The number of nitrogens with one attached hydrogen (secondary N) is 2. The van der Waals surface area contributed by atoms with Crippen molar-refractivity contribution in [3.63, 3.8) is 0 Å². The molecule has 0 saturated heterocycles. The van der Waals surface area contributed by atoms with Crippen molar-refractivity contribution >= 4 is 55.9 Å². The number of nitrogens with zero attached hydrogens (tertiary/aromatic N) is 4. The molecule has 91 heavy (non-hydrogen) atoms. The van der Waals surface area contributed by atoms with Gasteiger partial charge >= 0.3 is 0 Å². The highest BCUT2D eigenvalue weighted by atomic mass is 32.2. The number of hydrogen-bond acceptors (Lipinski definition) is 21. The molecule has 0 spiro atoms. The van der Waals surface area contributed by atoms with Crippen LogP contribution in [0.5, 0.6) is 23.0 Å². The molecule has 0 aliphatic carbocycles. The topological polar surface area (TPSA) is 449 Å². The van der Waals surface area contributed by atoms with Gasteiger partial charge in [0.15, 0.2) is 46.7 Å². The van der Waals surface area contributed by atoms with Crippen LogP contribution in [-0.4, -0.2) is 169 Å². The summed E-state index contributed by atoms with van der Waals surface area (Å²) in [6.07, 6.45) is 5.35. The normalized spacial score (nSPS) is 12.4. The van der Waals surface area contributed by atoms with Crippen LogP contribution in [0.3, 0.4) is 0 Å². The molecule has 0 radical (unpaired) electrons. The Morgan fingerprint density at radius 1 is 0.473 bits per heavy atom. The molecule has 18 N–H and O–H groups in total. The van der Waals surface area contributed by atoms with E-state index in [-0.39, 0.29) is 149 Å². The van der Waals surface area contributed by atoms with E-state index >= 15 is 0 Å². The van der Waals surface area contributed by atoms with Gasteiger partial charge in [0.1, 0.15) is 11.5 Å². The van der Waals surface area contributed by atoms with Gasteiger partial charge in [-0.15, -0.1) is 0 Å². The highest BCUT2D eigenvalue weighted by molar-refractivity contribution is 7.89. The number of nitrogens with two attached hydrogens (primary N) is 8. The van der Waals surface area contributed by atoms with Gasteiger partial charge in [-0.2, -0.15) is 9.98 Å². The molecule has 35 heteroatoms. The molecule has 2 amide bonds. The van der Waals surface area contributed by atoms with Crippen LogP contribution in [0.2, 0.25) is 0 Å². The zero-order valence-electron chi connectivity index (χ0n) is 49.8. The number of sulfonamides is 2. The van der Waals surface area contributed by atoms with Crippen LogP contribution in [0.4, 0.5) is 17.6 Å². The fourth-order valence-corrected chi connectivity index (χ4v) is 9.19. The molecule has 0 saturated carbocycles. The molecule has 0 unspecified atom stereocenters. The molecule has 0 aliphatic rings. The summed E-state index contributed by atoms with van der Waals surface area (Å²) in [5.74, 6) is 3.57. The molecule has 4 rings (SSSR count). The third-order valence-corrected chi connectivity index (χ3v) is 14.4. The van der Waals surface area contributed by atoms with Gasteiger partial charge in [0.05, 0.1) is 127 Å². The lowest BCUT2D eigenvalue weighted by atomic mass is 10.1. The van der Waals surface area contributed by atoms with Crippen LogP contribution in [0, 0.1) is 23.3 Å². The maximum absolute atomic E-state index is 14.8. The second-order valence-electron chi connectivity index (χ2n) is 19.0. The van der Waals surface area contributed by atoms with Crippen molar-refractivity contribution in [2.45, 2.75) is 23.6 Å². The first-order valence-corrected chi connectivity index (χ1v) is 30.4. The fraction of sp³-hybridized carbons (Fsp3) is 0.357. The Kier molecular flexibility index (Phi) is 32.3. The number of rotatable bonds is 42. The minimum Gasteiger partial charge on any atom is -0.451 e. The predicted octanol–water partition coefficient (Wildman–Crippen LogP) is 1.56. The van der Waals surface area contributed by atoms with Crippen molar-refractivity contribution in [1.29, 1.82) is 0 Å². The Morgan fingerprint density at radius 2 is 0.769 bits per heavy atom. The van der Waals surface area contributed by atoms with Crippen LogP contribution in [0.15, 0.2) is 128 Å². The van der Waals surface area contributed by atoms with Crippen LogP contribution in [0.1, 0.15) is 25.0 Å². The smallest absolute Gasteiger partial charge is 0.275 e. The van der Waals surface area contributed by atoms with E-state index in [0.29, 0.717) is 24.5 Å². The third-order valence-electron chi connectivity index (χ3n) is 11.4. The molecular weight excluding hydrogens is 1250 g/mol. The average molecular weight is 1330 g/mol. The highest BCUT2D eigenvalue weighted by Gasteiger charge is 2.20. The number of benzene rings is 4. The molecule has 0 atom stereocenters. The standard InChI is InChI=1S/C56H76F4N14O15S2/c1-37(53(75)71-55(63)64)27-39-29-47(57)51(48(58)30-39)88-43-3-7-45(8-4-43)90(77,78)69-11-15-81-19-23-85-25-21-83-17-13-73(67)33-41(61)35-87-36-42(62)34-74(68)14-18-84-22-26-86-24-20-82-16-12-70-91(79,80)46-9-5-44(6-10-46)89-52-49(59)31-40(32-50(52)60)28-38(2)54(76)72-56(65)66/h3-10,27-34,69-70H,11-26,35-36,61-62,67-68H2,1-2H3,(H4,63,64,71,75)(H4,65,66,72,76)/b37-27+,38-28+,41-33-,42-34-. The van der Waals surface area contributed by atoms with Gasteiger partial charge < -0.3 is 87.1 Å². The SMILES string of the molecule is C/C(=C\c1cc(F)c(Oc2ccc(S(=O)(=O)NCCOCCOCCOCCN(N)/C=C(\N)COC/C(N)=C/N(N)CCOCCOCCOCCNS(=O)(=O)c3ccc(Oc4c(F)cc(/C=C(\C)C(=O)N=C(N)N)cc4F)cc3)cc2)c(F)c1)C(=O)N=C(N)N. The summed E-state index contributed by atoms with van der Waals surface area (Å²) in [6.45, 7) is 5.71. The van der Waals surface area contributed by atoms with Gasteiger partial charge in [-0.25, -0.2) is 55.5 Å². The molecule has 4 aromatic carbocycles. The Morgan fingerprint density at radius 3 is 1.08 bits per heavy atom. The monoisotopic (exact) mass is 1320 g/mol. The Labute approximate surface area is 523 Å². The number of carbonyl (C=O) groups is 2. The van der Waals surface area contributed by atoms with E-state index < -0.39 is 78.5 Å². The van der Waals surface area contributed by atoms with Gasteiger partial charge in [0.2, 0.25) is 20.0 Å². The summed E-state index contributed by atoms with van der Waals surface area (Å²) in [5.41, 5.74) is 33.5. The van der Waals surface area contributed by atoms with Gasteiger partial charge in [-0.1, -0.05) is 0 Å². The lowest BCUT2D eigenvalue weighted by molar-refractivity contribution is -0.115. The summed E-state index contributed by atoms with van der Waals surface area (Å²) >= 11 is 0. The highest BCUT2D eigenvalue weighted by Crippen LogP contribution is 2.32. The molecule has 0 aromatic heterocycles. The van der Waals surface area contributed by atoms with E-state index in [2.05, 4.69) is 19.4 Å². The van der Waals surface area contributed by atoms with Crippen molar-refractivity contribution in [1.82, 2.24) is 19.5 Å². The average Bonchev–Trinajstić information content (AvgIpc) is 1.21. The molecule has 0 heterocycles. The van der Waals surface area contributed by atoms with Crippen molar-refractivity contribution < 1.29 is 86.6 Å². The first-order chi connectivity index (χ1) is 43.2. The molecule has 500 valence electrons. The molecular formula is C56H76F4N14O15S2. The number of halogens is 4. The third kappa shape index (κ3) is 29.0. The number of aliphatic imine (C=N–C) groups is 2. The van der Waals surface area contributed by atoms with E-state index in [1.807, 2.05) is 0 Å². The molecule has 4 aromatic rings. The van der Waals surface area contributed by atoms with E-state index in [4.69, 9.17) is 88.7 Å². The second-order valence-corrected chi connectivity index (χ2v) is 22.5. The maximum atomic E-state index is 14.8. The van der Waals surface area contributed by atoms with E-state index in [0.717, 1.165) is 24.3 Å². The van der Waals surface area contributed by atoms with E-state index in [9.17, 15) is 44.0 Å². The van der Waals surface area contributed by atoms with Crippen LogP contribution in [-0.2, 0) is 62.8 Å². The van der Waals surface area contributed by atoms with E-state index in [1.54, 1.807) is 0 Å². The Bertz CT molecular complexity index is 3160. The maximum Gasteiger partial charge on any atom is 0.275 e. The minimum atomic E-state index is -3.96. The quantitative estimate of drug-likeness (QED) is 0.00572. The Hall–Kier alpha value is -8.30. The van der Waals surface area contributed by atoms with Gasteiger partial charge in [-0.3, -0.25) is 9.59 Å². The summed E-state index contributed by atoms with van der Waals surface area (Å²) in [5, 5.41) is 2.67. The number of amides is 2. The lowest BCUT2D eigenvalue weighted by Gasteiger charge is -2.16. The first kappa shape index (κ1) is 75.2. The summed E-state index contributed by atoms with van der Waals surface area (Å²) in [7, 11) is -7.93. The van der Waals surface area contributed by atoms with E-state index in [1.165, 1.54) is 96.9 Å². The number of ether oxygens (including phenoxy) is 9. The van der Waals surface area contributed by atoms with Crippen molar-refractivity contribution in [3.05, 3.63) is 142 Å². The Balaban J connectivity index is 0.949. The molecule has 0 bridgehead atoms. The van der Waals surface area contributed by atoms with Gasteiger partial charge in [0, 0.05) is 36.6 Å². The van der Waals surface area contributed by atoms with Gasteiger partial charge in [-0.05, 0) is 110 Å². The van der Waals surface area contributed by atoms with Gasteiger partial charge in [0.25, 0.3) is 11.8 Å². The largest absolute Gasteiger partial charge is 0.451 e. The zero-order valence-corrected chi connectivity index (χ0v) is 51.5. The van der Waals surface area contributed by atoms with Crippen molar-refractivity contribution in [2.75, 3.05) is 119 Å². The number of hydrazine groups is 2. The first-order valence-electron chi connectivity index (χ1n) is 27.4. The predicted molar refractivity (Wildman–Crippen MR) is 327 cm³/mol.